The van der Waals surface area contributed by atoms with Crippen LogP contribution in [-0.4, -0.2) is 45.2 Å². The van der Waals surface area contributed by atoms with Crippen LogP contribution in [0.5, 0.6) is 0 Å². The van der Waals surface area contributed by atoms with E-state index >= 15 is 0 Å². The van der Waals surface area contributed by atoms with Crippen LogP contribution in [0.1, 0.15) is 23.3 Å². The predicted octanol–water partition coefficient (Wildman–Crippen LogP) is 1.69. The number of aromatic nitrogens is 4. The molecule has 9 nitrogen and oxygen atoms in total. The van der Waals surface area contributed by atoms with Crippen molar-refractivity contribution in [3.05, 3.63) is 36.4 Å². The number of nitrogens with zero attached hydrogens (tertiary/aromatic N) is 4. The van der Waals surface area contributed by atoms with Crippen molar-refractivity contribution < 1.29 is 4.79 Å². The van der Waals surface area contributed by atoms with Gasteiger partial charge in [-0.05, 0) is 25.0 Å². The molecule has 1 atom stereocenters. The minimum absolute atomic E-state index is 0.126. The molecule has 0 aliphatic carbocycles. The summed E-state index contributed by atoms with van der Waals surface area (Å²) in [6, 6.07) is 3.79. The molecule has 4 heterocycles. The van der Waals surface area contributed by atoms with Gasteiger partial charge >= 0.3 is 0 Å². The molecular formula is C17H20N8OS. The number of pyridine rings is 1. The van der Waals surface area contributed by atoms with Gasteiger partial charge in [-0.2, -0.15) is 5.10 Å². The summed E-state index contributed by atoms with van der Waals surface area (Å²) in [7, 11) is 0. The van der Waals surface area contributed by atoms with Crippen LogP contribution < -0.4 is 21.7 Å². The summed E-state index contributed by atoms with van der Waals surface area (Å²) in [6.07, 6.45) is 6.99. The Labute approximate surface area is 159 Å². The second kappa shape index (κ2) is 7.33. The fraction of sp³-hybridized carbons (Fsp3) is 0.294. The van der Waals surface area contributed by atoms with Gasteiger partial charge < -0.3 is 21.7 Å². The van der Waals surface area contributed by atoms with Crippen LogP contribution in [0.2, 0.25) is 0 Å². The third-order valence-corrected chi connectivity index (χ3v) is 5.36. The Hall–Kier alpha value is -2.98. The normalized spacial score (nSPS) is 17.1. The summed E-state index contributed by atoms with van der Waals surface area (Å²) in [5.74, 6) is -0.370. The highest BCUT2D eigenvalue weighted by Crippen LogP contribution is 2.31. The van der Waals surface area contributed by atoms with Gasteiger partial charge in [0, 0.05) is 31.5 Å². The highest BCUT2D eigenvalue weighted by molar-refractivity contribution is 7.19. The van der Waals surface area contributed by atoms with Gasteiger partial charge in [0.15, 0.2) is 5.69 Å². The maximum absolute atomic E-state index is 12.8. The van der Waals surface area contributed by atoms with E-state index in [1.54, 1.807) is 24.7 Å². The van der Waals surface area contributed by atoms with Crippen molar-refractivity contribution in [1.29, 1.82) is 0 Å². The Morgan fingerprint density at radius 3 is 3.04 bits per heavy atom. The molecule has 3 aromatic rings. The Balaban J connectivity index is 1.57. The number of nitrogens with two attached hydrogens (primary N) is 2. The Morgan fingerprint density at radius 1 is 1.37 bits per heavy atom. The maximum Gasteiger partial charge on any atom is 0.277 e. The highest BCUT2D eigenvalue weighted by atomic mass is 32.1. The Bertz CT molecular complexity index is 938. The molecule has 140 valence electrons. The zero-order valence-corrected chi connectivity index (χ0v) is 15.4. The summed E-state index contributed by atoms with van der Waals surface area (Å²) >= 11 is 1.24. The van der Waals surface area contributed by atoms with Gasteiger partial charge in [0.1, 0.15) is 10.0 Å². The van der Waals surface area contributed by atoms with E-state index in [4.69, 9.17) is 11.5 Å². The molecule has 0 bridgehead atoms. The monoisotopic (exact) mass is 384 g/mol. The van der Waals surface area contributed by atoms with E-state index in [1.165, 1.54) is 11.3 Å². The summed E-state index contributed by atoms with van der Waals surface area (Å²) in [6.45, 7) is 1.64. The molecule has 6 N–H and O–H groups in total. The number of H-pyrrole nitrogens is 1. The predicted molar refractivity (Wildman–Crippen MR) is 106 cm³/mol. The van der Waals surface area contributed by atoms with Crippen molar-refractivity contribution in [2.24, 2.45) is 5.73 Å². The summed E-state index contributed by atoms with van der Waals surface area (Å²) in [5.41, 5.74) is 14.5. The number of carbonyl (C=O) groups excluding carboxylic acids is 1. The Morgan fingerprint density at radius 2 is 2.26 bits per heavy atom. The van der Waals surface area contributed by atoms with Crippen molar-refractivity contribution in [3.8, 4) is 10.7 Å². The topological polar surface area (TPSA) is 139 Å². The first-order chi connectivity index (χ1) is 13.1. The second-order valence-corrected chi connectivity index (χ2v) is 7.43. The first kappa shape index (κ1) is 17.4. The molecule has 1 amide bonds. The molecule has 1 fully saturated rings. The van der Waals surface area contributed by atoms with Gasteiger partial charge in [-0.25, -0.2) is 4.98 Å². The quantitative estimate of drug-likeness (QED) is 0.537. The molecule has 3 aromatic heterocycles. The average molecular weight is 384 g/mol. The molecule has 1 aliphatic heterocycles. The van der Waals surface area contributed by atoms with Crippen LogP contribution in [0.4, 0.5) is 16.4 Å². The molecule has 27 heavy (non-hydrogen) atoms. The number of hydrogen-bond donors (Lipinski definition) is 4. The van der Waals surface area contributed by atoms with Crippen molar-refractivity contribution in [2.45, 2.75) is 18.9 Å². The minimum atomic E-state index is -0.370. The van der Waals surface area contributed by atoms with Crippen LogP contribution >= 0.6 is 11.3 Å². The standard InChI is InChI=1S/C17H20N8OS/c18-10-2-1-7-25(9-10)13-4-5-20-8-12(13)22-16(26)14-15(19)27-17(23-14)11-3-6-21-24-11/h3-6,8,10H,1-2,7,9,18-19H2,(H,21,24)(H,22,26)/t10-/m0/s1. The lowest BCUT2D eigenvalue weighted by Gasteiger charge is -2.33. The fourth-order valence-electron chi connectivity index (χ4n) is 3.15. The first-order valence-corrected chi connectivity index (χ1v) is 9.45. The zero-order chi connectivity index (χ0) is 18.8. The van der Waals surface area contributed by atoms with Crippen molar-refractivity contribution in [2.75, 3.05) is 29.0 Å². The first-order valence-electron chi connectivity index (χ1n) is 8.64. The number of hydrogen-bond acceptors (Lipinski definition) is 8. The molecule has 0 unspecified atom stereocenters. The number of anilines is 3. The number of nitrogens with one attached hydrogen (secondary N) is 2. The third kappa shape index (κ3) is 3.62. The van der Waals surface area contributed by atoms with Crippen LogP contribution in [-0.2, 0) is 0 Å². The van der Waals surface area contributed by atoms with E-state index in [9.17, 15) is 4.79 Å². The number of rotatable bonds is 4. The Kier molecular flexibility index (Phi) is 4.73. The lowest BCUT2D eigenvalue weighted by Crippen LogP contribution is -2.43. The zero-order valence-electron chi connectivity index (χ0n) is 14.6. The van der Waals surface area contributed by atoms with Gasteiger partial charge in [-0.3, -0.25) is 14.9 Å². The lowest BCUT2D eigenvalue weighted by atomic mass is 10.1. The van der Waals surface area contributed by atoms with Gasteiger partial charge in [0.2, 0.25) is 0 Å². The molecule has 1 saturated heterocycles. The fourth-order valence-corrected chi connectivity index (χ4v) is 3.96. The van der Waals surface area contributed by atoms with E-state index in [0.717, 1.165) is 37.3 Å². The van der Waals surface area contributed by atoms with Crippen LogP contribution in [0.3, 0.4) is 0 Å². The van der Waals surface area contributed by atoms with Crippen molar-refractivity contribution in [3.63, 3.8) is 0 Å². The summed E-state index contributed by atoms with van der Waals surface area (Å²) < 4.78 is 0. The van der Waals surface area contributed by atoms with Crippen LogP contribution in [0.25, 0.3) is 10.7 Å². The molecule has 0 aromatic carbocycles. The molecule has 10 heteroatoms. The third-order valence-electron chi connectivity index (χ3n) is 4.44. The molecular weight excluding hydrogens is 364 g/mol. The number of aromatic amines is 1. The van der Waals surface area contributed by atoms with Gasteiger partial charge in [0.25, 0.3) is 5.91 Å². The highest BCUT2D eigenvalue weighted by Gasteiger charge is 2.22. The molecule has 1 aliphatic rings. The van der Waals surface area contributed by atoms with Gasteiger partial charge in [-0.1, -0.05) is 11.3 Å². The van der Waals surface area contributed by atoms with Crippen LogP contribution in [0, 0.1) is 0 Å². The number of carbonyl (C=O) groups is 1. The lowest BCUT2D eigenvalue weighted by molar-refractivity contribution is 0.102. The molecule has 0 saturated carbocycles. The minimum Gasteiger partial charge on any atom is -0.389 e. The second-order valence-electron chi connectivity index (χ2n) is 6.40. The largest absolute Gasteiger partial charge is 0.389 e. The summed E-state index contributed by atoms with van der Waals surface area (Å²) in [4.78, 5) is 23.4. The van der Waals surface area contributed by atoms with E-state index in [2.05, 4.69) is 30.4 Å². The van der Waals surface area contributed by atoms with Gasteiger partial charge in [0.05, 0.1) is 23.3 Å². The number of amides is 1. The molecule has 0 radical (unpaired) electrons. The van der Waals surface area contributed by atoms with Crippen molar-refractivity contribution >= 4 is 33.6 Å². The van der Waals surface area contributed by atoms with E-state index in [0.29, 0.717) is 15.7 Å². The summed E-state index contributed by atoms with van der Waals surface area (Å²) in [5, 5.41) is 10.6. The van der Waals surface area contributed by atoms with Gasteiger partial charge in [-0.15, -0.1) is 0 Å². The van der Waals surface area contributed by atoms with Crippen molar-refractivity contribution in [1.82, 2.24) is 20.2 Å². The molecule has 0 spiro atoms. The molecule has 4 rings (SSSR count). The number of piperidine rings is 1. The van der Waals surface area contributed by atoms with E-state index in [1.807, 2.05) is 6.07 Å². The maximum atomic E-state index is 12.8. The number of thiazole rings is 1. The van der Waals surface area contributed by atoms with E-state index in [-0.39, 0.29) is 17.6 Å². The number of nitrogen functional groups attached to an aromatic ring is 1. The smallest absolute Gasteiger partial charge is 0.277 e. The average Bonchev–Trinajstić information content (AvgIpc) is 3.31. The van der Waals surface area contributed by atoms with Crippen LogP contribution in [0.15, 0.2) is 30.7 Å². The van der Waals surface area contributed by atoms with E-state index < -0.39 is 0 Å². The SMILES string of the molecule is Nc1sc(-c2ccn[nH]2)nc1C(=O)Nc1cnccc1N1CCC[C@H](N)C1.